The Bertz CT molecular complexity index is 711. The summed E-state index contributed by atoms with van der Waals surface area (Å²) < 4.78 is 10.3. The molecule has 0 aliphatic heterocycles. The predicted molar refractivity (Wildman–Crippen MR) is 86.4 cm³/mol. The van der Waals surface area contributed by atoms with Crippen molar-refractivity contribution in [3.63, 3.8) is 0 Å². The van der Waals surface area contributed by atoms with Gasteiger partial charge in [0.2, 0.25) is 0 Å². The summed E-state index contributed by atoms with van der Waals surface area (Å²) >= 11 is 0. The molecule has 2 aromatic rings. The van der Waals surface area contributed by atoms with Gasteiger partial charge in [0.05, 0.1) is 0 Å². The maximum Gasteiger partial charge on any atom is 0.308 e. The molecule has 0 amide bonds. The number of carbonyl (C=O) groups is 2. The standard InChI is InChI=1S/C18H18O4.N2/c1-13(19)21-17-10-11-18(22-14(2)20)16(12-17)9-8-15-6-4-3-5-7-15;1-2/h3-7,10-12H,8-9H2,1-2H3;. The van der Waals surface area contributed by atoms with Gasteiger partial charge in [0.15, 0.2) is 0 Å². The molecule has 6 nitrogen and oxygen atoms in total. The fourth-order valence-corrected chi connectivity index (χ4v) is 2.16. The summed E-state index contributed by atoms with van der Waals surface area (Å²) in [5, 5.41) is 12.0. The van der Waals surface area contributed by atoms with Crippen molar-refractivity contribution in [2.75, 3.05) is 0 Å². The molecule has 2 aromatic carbocycles. The van der Waals surface area contributed by atoms with Crippen LogP contribution >= 0.6 is 0 Å². The molecule has 0 saturated heterocycles. The van der Waals surface area contributed by atoms with Gasteiger partial charge in [-0.05, 0) is 42.2 Å². The van der Waals surface area contributed by atoms with Crippen LogP contribution in [-0.4, -0.2) is 11.9 Å². The van der Waals surface area contributed by atoms with Crippen LogP contribution in [0.3, 0.4) is 0 Å². The number of benzene rings is 2. The van der Waals surface area contributed by atoms with E-state index < -0.39 is 0 Å². The Morgan fingerprint density at radius 1 is 0.875 bits per heavy atom. The van der Waals surface area contributed by atoms with Gasteiger partial charge < -0.3 is 9.47 Å². The van der Waals surface area contributed by atoms with Crippen LogP contribution in [0, 0.1) is 10.8 Å². The largest absolute Gasteiger partial charge is 0.427 e. The Morgan fingerprint density at radius 3 is 2.08 bits per heavy atom. The molecule has 24 heavy (non-hydrogen) atoms. The molecular formula is C18H18N2O4. The molecule has 0 N–H and O–H groups in total. The SMILES string of the molecule is CC(=O)Oc1ccc(OC(C)=O)c(CCc2ccccc2)c1.N#N. The van der Waals surface area contributed by atoms with Crippen LogP contribution in [0.2, 0.25) is 0 Å². The Hall–Kier alpha value is -3.20. The van der Waals surface area contributed by atoms with Crippen LogP contribution in [0.5, 0.6) is 11.5 Å². The van der Waals surface area contributed by atoms with Crippen LogP contribution in [0.1, 0.15) is 25.0 Å². The van der Waals surface area contributed by atoms with Gasteiger partial charge in [-0.1, -0.05) is 30.3 Å². The normalized spacial score (nSPS) is 9.33. The monoisotopic (exact) mass is 326 g/mol. The number of aryl methyl sites for hydroxylation is 2. The Labute approximate surface area is 140 Å². The smallest absolute Gasteiger partial charge is 0.308 e. The second kappa shape index (κ2) is 9.74. The fourth-order valence-electron chi connectivity index (χ4n) is 2.16. The molecule has 0 heterocycles. The van der Waals surface area contributed by atoms with Crippen molar-refractivity contribution in [2.24, 2.45) is 0 Å². The number of ether oxygens (including phenoxy) is 2. The summed E-state index contributed by atoms with van der Waals surface area (Å²) in [7, 11) is 0. The van der Waals surface area contributed by atoms with Gasteiger partial charge in [-0.25, -0.2) is 0 Å². The lowest BCUT2D eigenvalue weighted by Crippen LogP contribution is -2.06. The number of hydrogen-bond acceptors (Lipinski definition) is 6. The summed E-state index contributed by atoms with van der Waals surface area (Å²) in [6.45, 7) is 2.71. The van der Waals surface area contributed by atoms with E-state index in [2.05, 4.69) is 0 Å². The average Bonchev–Trinajstić information content (AvgIpc) is 2.57. The van der Waals surface area contributed by atoms with Gasteiger partial charge in [-0.3, -0.25) is 9.59 Å². The van der Waals surface area contributed by atoms with Crippen molar-refractivity contribution in [1.82, 2.24) is 0 Å². The minimum Gasteiger partial charge on any atom is -0.427 e. The molecule has 0 aliphatic rings. The average molecular weight is 326 g/mol. The van der Waals surface area contributed by atoms with Crippen molar-refractivity contribution < 1.29 is 19.1 Å². The van der Waals surface area contributed by atoms with Gasteiger partial charge in [0, 0.05) is 24.6 Å². The molecule has 0 aliphatic carbocycles. The minimum atomic E-state index is -0.380. The topological polar surface area (TPSA) is 100 Å². The van der Waals surface area contributed by atoms with E-state index in [4.69, 9.17) is 20.3 Å². The zero-order valence-electron chi connectivity index (χ0n) is 13.6. The van der Waals surface area contributed by atoms with E-state index in [1.54, 1.807) is 18.2 Å². The number of esters is 2. The molecule has 0 aromatic heterocycles. The summed E-state index contributed by atoms with van der Waals surface area (Å²) in [5.74, 6) is 0.196. The van der Waals surface area contributed by atoms with Crippen molar-refractivity contribution in [2.45, 2.75) is 26.7 Å². The highest BCUT2D eigenvalue weighted by Crippen LogP contribution is 2.26. The van der Waals surface area contributed by atoms with E-state index >= 15 is 0 Å². The molecule has 0 unspecified atom stereocenters. The third kappa shape index (κ3) is 6.28. The van der Waals surface area contributed by atoms with Gasteiger partial charge in [-0.15, -0.1) is 0 Å². The third-order valence-corrected chi connectivity index (χ3v) is 3.07. The van der Waals surface area contributed by atoms with E-state index in [1.807, 2.05) is 30.3 Å². The third-order valence-electron chi connectivity index (χ3n) is 3.07. The minimum absolute atomic E-state index is 0.374. The molecule has 0 bridgehead atoms. The fraction of sp³-hybridized carbons (Fsp3) is 0.222. The van der Waals surface area contributed by atoms with Gasteiger partial charge in [-0.2, -0.15) is 0 Å². The molecule has 124 valence electrons. The molecule has 2 rings (SSSR count). The first-order valence-corrected chi connectivity index (χ1v) is 7.28. The summed E-state index contributed by atoms with van der Waals surface area (Å²) in [4.78, 5) is 22.3. The van der Waals surface area contributed by atoms with Gasteiger partial charge >= 0.3 is 11.9 Å². The maximum atomic E-state index is 11.2. The van der Waals surface area contributed by atoms with Crippen molar-refractivity contribution in [3.8, 4) is 11.5 Å². The van der Waals surface area contributed by atoms with Crippen molar-refractivity contribution in [3.05, 3.63) is 59.7 Å². The molecule has 0 radical (unpaired) electrons. The Balaban J connectivity index is 0.00000139. The van der Waals surface area contributed by atoms with Crippen LogP contribution < -0.4 is 9.47 Å². The highest BCUT2D eigenvalue weighted by atomic mass is 16.5. The number of rotatable bonds is 5. The molecular weight excluding hydrogens is 308 g/mol. The van der Waals surface area contributed by atoms with E-state index in [9.17, 15) is 9.59 Å². The van der Waals surface area contributed by atoms with Crippen molar-refractivity contribution >= 4 is 11.9 Å². The Kier molecular flexibility index (Phi) is 7.65. The molecule has 0 atom stereocenters. The quantitative estimate of drug-likeness (QED) is 0.474. The van der Waals surface area contributed by atoms with Crippen molar-refractivity contribution in [1.29, 1.82) is 10.8 Å². The lowest BCUT2D eigenvalue weighted by atomic mass is 10.0. The first-order valence-electron chi connectivity index (χ1n) is 7.28. The van der Waals surface area contributed by atoms with E-state index in [-0.39, 0.29) is 11.9 Å². The van der Waals surface area contributed by atoms with Crippen LogP contribution in [0.15, 0.2) is 48.5 Å². The number of nitrogens with zero attached hydrogens (tertiary/aromatic N) is 2. The molecule has 6 heteroatoms. The highest BCUT2D eigenvalue weighted by molar-refractivity contribution is 5.71. The summed E-state index contributed by atoms with van der Waals surface area (Å²) in [6, 6.07) is 15.0. The van der Waals surface area contributed by atoms with E-state index in [0.717, 1.165) is 12.0 Å². The lowest BCUT2D eigenvalue weighted by molar-refractivity contribution is -0.133. The Morgan fingerprint density at radius 2 is 1.50 bits per heavy atom. The van der Waals surface area contributed by atoms with Gasteiger partial charge in [0.1, 0.15) is 11.5 Å². The van der Waals surface area contributed by atoms with Crippen LogP contribution in [-0.2, 0) is 22.4 Å². The van der Waals surface area contributed by atoms with Crippen LogP contribution in [0.4, 0.5) is 0 Å². The first-order chi connectivity index (χ1) is 11.5. The first kappa shape index (κ1) is 18.8. The molecule has 0 saturated carbocycles. The zero-order chi connectivity index (χ0) is 17.9. The predicted octanol–water partition coefficient (Wildman–Crippen LogP) is 3.35. The van der Waals surface area contributed by atoms with E-state index in [1.165, 1.54) is 19.4 Å². The van der Waals surface area contributed by atoms with Gasteiger partial charge in [0.25, 0.3) is 0 Å². The summed E-state index contributed by atoms with van der Waals surface area (Å²) in [5.41, 5.74) is 2.02. The van der Waals surface area contributed by atoms with Crippen LogP contribution in [0.25, 0.3) is 0 Å². The highest BCUT2D eigenvalue weighted by Gasteiger charge is 2.10. The number of carbonyl (C=O) groups excluding carboxylic acids is 2. The lowest BCUT2D eigenvalue weighted by Gasteiger charge is -2.11. The number of hydrogen-bond donors (Lipinski definition) is 0. The summed E-state index contributed by atoms with van der Waals surface area (Å²) in [6.07, 6.45) is 1.49. The maximum absolute atomic E-state index is 11.2. The second-order valence-electron chi connectivity index (χ2n) is 4.94. The second-order valence-corrected chi connectivity index (χ2v) is 4.94. The van der Waals surface area contributed by atoms with E-state index in [0.29, 0.717) is 17.9 Å². The molecule has 0 spiro atoms. The zero-order valence-corrected chi connectivity index (χ0v) is 13.6. The molecule has 0 fully saturated rings.